The molecule has 24 heavy (non-hydrogen) atoms. The molecule has 0 saturated heterocycles. The Morgan fingerprint density at radius 3 is 2.71 bits per heavy atom. The highest BCUT2D eigenvalue weighted by molar-refractivity contribution is 5.92. The largest absolute Gasteiger partial charge is 0.344 e. The Hall–Kier alpha value is -2.74. The van der Waals surface area contributed by atoms with Crippen LogP contribution in [0.25, 0.3) is 5.69 Å². The van der Waals surface area contributed by atoms with Gasteiger partial charge in [-0.1, -0.05) is 25.0 Å². The van der Waals surface area contributed by atoms with E-state index in [9.17, 15) is 14.9 Å². The van der Waals surface area contributed by atoms with E-state index in [-0.39, 0.29) is 22.8 Å². The van der Waals surface area contributed by atoms with Crippen LogP contribution in [0.15, 0.2) is 36.5 Å². The van der Waals surface area contributed by atoms with Crippen LogP contribution in [0.1, 0.15) is 36.2 Å². The van der Waals surface area contributed by atoms with Gasteiger partial charge in [-0.25, -0.2) is 4.68 Å². The Kier molecular flexibility index (Phi) is 4.30. The second kappa shape index (κ2) is 6.40. The van der Waals surface area contributed by atoms with E-state index in [1.807, 2.05) is 0 Å². The van der Waals surface area contributed by atoms with Crippen molar-refractivity contribution in [3.63, 3.8) is 0 Å². The molecule has 1 aromatic heterocycles. The van der Waals surface area contributed by atoms with E-state index >= 15 is 0 Å². The zero-order valence-corrected chi connectivity index (χ0v) is 13.1. The molecule has 1 fully saturated rings. The van der Waals surface area contributed by atoms with Crippen LogP contribution in [0.4, 0.5) is 5.69 Å². The van der Waals surface area contributed by atoms with Crippen molar-refractivity contribution in [1.29, 1.82) is 0 Å². The fourth-order valence-corrected chi connectivity index (χ4v) is 3.13. The number of carbonyl (C=O) groups is 1. The minimum absolute atomic E-state index is 0.0678. The number of hydrogen-bond donors (Lipinski definition) is 2. The van der Waals surface area contributed by atoms with Gasteiger partial charge in [0.2, 0.25) is 0 Å². The SMILES string of the molecule is NCC1(NC(=O)c2ccn(-c3ccccc3[N+](=O)[O-])n2)CCCC1. The monoisotopic (exact) mass is 329 g/mol. The zero-order valence-electron chi connectivity index (χ0n) is 13.1. The Morgan fingerprint density at radius 1 is 1.33 bits per heavy atom. The van der Waals surface area contributed by atoms with Crippen LogP contribution in [-0.4, -0.2) is 32.7 Å². The molecule has 126 valence electrons. The summed E-state index contributed by atoms with van der Waals surface area (Å²) in [6.45, 7) is 0.392. The van der Waals surface area contributed by atoms with Crippen LogP contribution >= 0.6 is 0 Å². The molecule has 0 bridgehead atoms. The smallest absolute Gasteiger partial charge is 0.294 e. The summed E-state index contributed by atoms with van der Waals surface area (Å²) in [6.07, 6.45) is 5.35. The fraction of sp³-hybridized carbons (Fsp3) is 0.375. The molecule has 0 aliphatic heterocycles. The molecule has 1 amide bonds. The summed E-state index contributed by atoms with van der Waals surface area (Å²) in [5.41, 5.74) is 5.93. The van der Waals surface area contributed by atoms with Crippen molar-refractivity contribution < 1.29 is 9.72 Å². The van der Waals surface area contributed by atoms with E-state index in [0.717, 1.165) is 25.7 Å². The molecule has 8 heteroatoms. The van der Waals surface area contributed by atoms with Gasteiger partial charge in [0.15, 0.2) is 5.69 Å². The van der Waals surface area contributed by atoms with Crippen molar-refractivity contribution in [3.8, 4) is 5.69 Å². The quantitative estimate of drug-likeness (QED) is 0.640. The highest BCUT2D eigenvalue weighted by Gasteiger charge is 2.34. The lowest BCUT2D eigenvalue weighted by Crippen LogP contribution is -2.51. The maximum absolute atomic E-state index is 12.5. The molecule has 0 spiro atoms. The number of aromatic nitrogens is 2. The summed E-state index contributed by atoms with van der Waals surface area (Å²) >= 11 is 0. The first-order valence-corrected chi connectivity index (χ1v) is 7.87. The molecule has 0 unspecified atom stereocenters. The fourth-order valence-electron chi connectivity index (χ4n) is 3.13. The van der Waals surface area contributed by atoms with E-state index in [1.54, 1.807) is 30.5 Å². The highest BCUT2D eigenvalue weighted by Crippen LogP contribution is 2.29. The Bertz CT molecular complexity index is 765. The number of carbonyl (C=O) groups excluding carboxylic acids is 1. The Balaban J connectivity index is 1.83. The third-order valence-corrected chi connectivity index (χ3v) is 4.48. The van der Waals surface area contributed by atoms with Gasteiger partial charge in [0, 0.05) is 18.8 Å². The number of nitrogens with one attached hydrogen (secondary N) is 1. The lowest BCUT2D eigenvalue weighted by Gasteiger charge is -2.28. The van der Waals surface area contributed by atoms with Gasteiger partial charge in [0.1, 0.15) is 5.69 Å². The van der Waals surface area contributed by atoms with Crippen LogP contribution in [0.5, 0.6) is 0 Å². The molecule has 1 aliphatic rings. The summed E-state index contributed by atoms with van der Waals surface area (Å²) < 4.78 is 1.34. The number of benzene rings is 1. The van der Waals surface area contributed by atoms with Gasteiger partial charge in [-0.3, -0.25) is 14.9 Å². The number of rotatable bonds is 5. The lowest BCUT2D eigenvalue weighted by atomic mass is 9.97. The number of nitrogens with two attached hydrogens (primary N) is 1. The Labute approximate surface area is 138 Å². The first kappa shape index (κ1) is 16.1. The molecule has 1 saturated carbocycles. The van der Waals surface area contributed by atoms with Crippen LogP contribution in [0.2, 0.25) is 0 Å². The van der Waals surface area contributed by atoms with Gasteiger partial charge in [-0.05, 0) is 25.0 Å². The number of nitrogens with zero attached hydrogens (tertiary/aromatic N) is 3. The van der Waals surface area contributed by atoms with Crippen LogP contribution < -0.4 is 11.1 Å². The summed E-state index contributed by atoms with van der Waals surface area (Å²) in [5.74, 6) is -0.306. The first-order valence-electron chi connectivity index (χ1n) is 7.87. The Morgan fingerprint density at radius 2 is 2.04 bits per heavy atom. The van der Waals surface area contributed by atoms with Crippen molar-refractivity contribution >= 4 is 11.6 Å². The second-order valence-electron chi connectivity index (χ2n) is 6.04. The van der Waals surface area contributed by atoms with Crippen LogP contribution in [0.3, 0.4) is 0 Å². The molecular weight excluding hydrogens is 310 g/mol. The molecule has 0 radical (unpaired) electrons. The maximum Gasteiger partial charge on any atom is 0.294 e. The molecule has 8 nitrogen and oxygen atoms in total. The number of hydrogen-bond acceptors (Lipinski definition) is 5. The number of amides is 1. The number of nitro groups is 1. The summed E-state index contributed by atoms with van der Waals surface area (Å²) in [7, 11) is 0. The summed E-state index contributed by atoms with van der Waals surface area (Å²) in [6, 6.07) is 7.81. The third kappa shape index (κ3) is 3.00. The molecule has 0 atom stereocenters. The topological polar surface area (TPSA) is 116 Å². The van der Waals surface area contributed by atoms with E-state index in [0.29, 0.717) is 12.2 Å². The number of nitro benzene ring substituents is 1. The molecule has 1 aromatic carbocycles. The second-order valence-corrected chi connectivity index (χ2v) is 6.04. The highest BCUT2D eigenvalue weighted by atomic mass is 16.6. The predicted octanol–water partition coefficient (Wildman–Crippen LogP) is 1.78. The van der Waals surface area contributed by atoms with Crippen molar-refractivity contribution in [2.75, 3.05) is 6.54 Å². The zero-order chi connectivity index (χ0) is 17.2. The lowest BCUT2D eigenvalue weighted by molar-refractivity contribution is -0.384. The molecule has 1 aliphatic carbocycles. The van der Waals surface area contributed by atoms with Gasteiger partial charge >= 0.3 is 0 Å². The average molecular weight is 329 g/mol. The molecule has 2 aromatic rings. The first-order chi connectivity index (χ1) is 11.5. The standard InChI is InChI=1S/C16H19N5O3/c17-11-16(8-3-4-9-16)18-15(22)12-7-10-20(19-12)13-5-1-2-6-14(13)21(23)24/h1-2,5-7,10H,3-4,8-9,11,17H2,(H,18,22). The van der Waals surface area contributed by atoms with E-state index in [4.69, 9.17) is 5.73 Å². The third-order valence-electron chi connectivity index (χ3n) is 4.48. The van der Waals surface area contributed by atoms with Gasteiger partial charge in [-0.15, -0.1) is 0 Å². The van der Waals surface area contributed by atoms with Crippen molar-refractivity contribution in [2.45, 2.75) is 31.2 Å². The van der Waals surface area contributed by atoms with E-state index in [2.05, 4.69) is 10.4 Å². The van der Waals surface area contributed by atoms with Crippen LogP contribution in [0, 0.1) is 10.1 Å². The maximum atomic E-state index is 12.5. The molecule has 1 heterocycles. The minimum atomic E-state index is -0.474. The molecule has 3 rings (SSSR count). The predicted molar refractivity (Wildman–Crippen MR) is 87.9 cm³/mol. The summed E-state index contributed by atoms with van der Waals surface area (Å²) in [4.78, 5) is 23.1. The minimum Gasteiger partial charge on any atom is -0.344 e. The van der Waals surface area contributed by atoms with E-state index in [1.165, 1.54) is 10.7 Å². The van der Waals surface area contributed by atoms with Gasteiger partial charge in [0.25, 0.3) is 11.6 Å². The van der Waals surface area contributed by atoms with Crippen molar-refractivity contribution in [1.82, 2.24) is 15.1 Å². The average Bonchev–Trinajstić information content (AvgIpc) is 3.24. The van der Waals surface area contributed by atoms with Crippen molar-refractivity contribution in [3.05, 3.63) is 52.3 Å². The summed E-state index contributed by atoms with van der Waals surface area (Å²) in [5, 5.41) is 18.3. The molecule has 3 N–H and O–H groups in total. The van der Waals surface area contributed by atoms with E-state index < -0.39 is 4.92 Å². The molecular formula is C16H19N5O3. The normalized spacial score (nSPS) is 16.0. The van der Waals surface area contributed by atoms with Crippen molar-refractivity contribution in [2.24, 2.45) is 5.73 Å². The van der Waals surface area contributed by atoms with Gasteiger partial charge in [0.05, 0.1) is 10.5 Å². The van der Waals surface area contributed by atoms with Gasteiger partial charge in [-0.2, -0.15) is 5.10 Å². The van der Waals surface area contributed by atoms with Gasteiger partial charge < -0.3 is 11.1 Å². The van der Waals surface area contributed by atoms with Crippen LogP contribution in [-0.2, 0) is 0 Å². The number of para-hydroxylation sites is 2.